The summed E-state index contributed by atoms with van der Waals surface area (Å²) in [6.07, 6.45) is 4.62. The highest BCUT2D eigenvalue weighted by atomic mass is 16.5. The van der Waals surface area contributed by atoms with E-state index in [1.54, 1.807) is 6.08 Å². The molecule has 0 fully saturated rings. The van der Waals surface area contributed by atoms with Gasteiger partial charge in [0, 0.05) is 19.2 Å². The quantitative estimate of drug-likeness (QED) is 0.460. The summed E-state index contributed by atoms with van der Waals surface area (Å²) in [6.45, 7) is 4.05. The third-order valence-corrected chi connectivity index (χ3v) is 4.41. The second-order valence-corrected chi connectivity index (χ2v) is 6.38. The standard InChI is InChI=1S/C21H23N3O3/c1-16-18(10-12-20(25)26)9-11-19-21(16)22-23-24(19)13-5-6-14-27-15-17-7-3-2-4-8-17/h2-4,7-12H,5-6,13-15H2,1H3,(H,25,26)/b12-10+. The fourth-order valence-electron chi connectivity index (χ4n) is 2.92. The van der Waals surface area contributed by atoms with Crippen molar-refractivity contribution < 1.29 is 14.6 Å². The summed E-state index contributed by atoms with van der Waals surface area (Å²) in [5.41, 5.74) is 4.73. The summed E-state index contributed by atoms with van der Waals surface area (Å²) < 4.78 is 7.60. The number of fused-ring (bicyclic) bond motifs is 1. The summed E-state index contributed by atoms with van der Waals surface area (Å²) in [6, 6.07) is 14.0. The average molecular weight is 365 g/mol. The van der Waals surface area contributed by atoms with Crippen LogP contribution in [0.1, 0.15) is 29.5 Å². The summed E-state index contributed by atoms with van der Waals surface area (Å²) in [5, 5.41) is 17.3. The molecule has 0 unspecified atom stereocenters. The zero-order valence-electron chi connectivity index (χ0n) is 15.3. The molecule has 0 bridgehead atoms. The normalized spacial score (nSPS) is 11.4. The smallest absolute Gasteiger partial charge is 0.328 e. The average Bonchev–Trinajstić information content (AvgIpc) is 3.08. The second kappa shape index (κ2) is 9.09. The first-order valence-electron chi connectivity index (χ1n) is 9.00. The van der Waals surface area contributed by atoms with Crippen LogP contribution in [0.5, 0.6) is 0 Å². The van der Waals surface area contributed by atoms with Gasteiger partial charge in [0.05, 0.1) is 12.1 Å². The van der Waals surface area contributed by atoms with Crippen molar-refractivity contribution in [3.8, 4) is 0 Å². The first-order valence-corrected chi connectivity index (χ1v) is 9.00. The first kappa shape index (κ1) is 18.8. The Morgan fingerprint density at radius 1 is 1.19 bits per heavy atom. The van der Waals surface area contributed by atoms with Crippen LogP contribution in [-0.4, -0.2) is 32.7 Å². The molecule has 0 saturated carbocycles. The third kappa shape index (κ3) is 5.01. The molecule has 6 heteroatoms. The third-order valence-electron chi connectivity index (χ3n) is 4.41. The van der Waals surface area contributed by atoms with Gasteiger partial charge in [-0.2, -0.15) is 0 Å². The van der Waals surface area contributed by atoms with Crippen LogP contribution in [0.4, 0.5) is 0 Å². The molecule has 2 aromatic carbocycles. The lowest BCUT2D eigenvalue weighted by Gasteiger charge is -2.06. The zero-order chi connectivity index (χ0) is 19.1. The van der Waals surface area contributed by atoms with E-state index >= 15 is 0 Å². The van der Waals surface area contributed by atoms with Crippen LogP contribution in [0.2, 0.25) is 0 Å². The lowest BCUT2D eigenvalue weighted by atomic mass is 10.1. The molecule has 0 spiro atoms. The Hall–Kier alpha value is -2.99. The number of carboxylic acids is 1. The topological polar surface area (TPSA) is 77.2 Å². The van der Waals surface area contributed by atoms with E-state index < -0.39 is 5.97 Å². The lowest BCUT2D eigenvalue weighted by Crippen LogP contribution is -2.03. The van der Waals surface area contributed by atoms with E-state index in [4.69, 9.17) is 9.84 Å². The molecule has 0 atom stereocenters. The van der Waals surface area contributed by atoms with E-state index in [1.165, 1.54) is 5.56 Å². The fraction of sp³-hybridized carbons (Fsp3) is 0.286. The van der Waals surface area contributed by atoms with Gasteiger partial charge >= 0.3 is 5.97 Å². The van der Waals surface area contributed by atoms with Crippen molar-refractivity contribution in [3.05, 3.63) is 65.2 Å². The number of unbranched alkanes of at least 4 members (excludes halogenated alkanes) is 1. The molecular weight excluding hydrogens is 342 g/mol. The fourth-order valence-corrected chi connectivity index (χ4v) is 2.92. The predicted octanol–water partition coefficient (Wildman–Crippen LogP) is 3.83. The summed E-state index contributed by atoms with van der Waals surface area (Å²) >= 11 is 0. The molecule has 0 aliphatic rings. The Morgan fingerprint density at radius 2 is 2.00 bits per heavy atom. The van der Waals surface area contributed by atoms with Gasteiger partial charge in [0.25, 0.3) is 0 Å². The molecule has 1 N–H and O–H groups in total. The summed E-state index contributed by atoms with van der Waals surface area (Å²) in [7, 11) is 0. The largest absolute Gasteiger partial charge is 0.478 e. The molecule has 0 saturated heterocycles. The maximum atomic E-state index is 10.7. The van der Waals surface area contributed by atoms with Gasteiger partial charge in [0.2, 0.25) is 0 Å². The first-order chi connectivity index (χ1) is 13.1. The molecule has 1 heterocycles. The highest BCUT2D eigenvalue weighted by molar-refractivity contribution is 5.88. The van der Waals surface area contributed by atoms with Gasteiger partial charge in [-0.25, -0.2) is 9.48 Å². The monoisotopic (exact) mass is 365 g/mol. The van der Waals surface area contributed by atoms with Crippen LogP contribution >= 0.6 is 0 Å². The minimum atomic E-state index is -0.965. The van der Waals surface area contributed by atoms with Gasteiger partial charge in [-0.15, -0.1) is 5.10 Å². The van der Waals surface area contributed by atoms with Gasteiger partial charge in [-0.05, 0) is 48.6 Å². The van der Waals surface area contributed by atoms with E-state index in [0.29, 0.717) is 13.2 Å². The van der Waals surface area contributed by atoms with Crippen LogP contribution < -0.4 is 0 Å². The van der Waals surface area contributed by atoms with Crippen molar-refractivity contribution in [2.75, 3.05) is 6.61 Å². The van der Waals surface area contributed by atoms with E-state index in [-0.39, 0.29) is 0 Å². The molecule has 140 valence electrons. The molecule has 27 heavy (non-hydrogen) atoms. The van der Waals surface area contributed by atoms with E-state index in [9.17, 15) is 4.79 Å². The molecule has 3 aromatic rings. The van der Waals surface area contributed by atoms with Crippen LogP contribution in [-0.2, 0) is 22.7 Å². The number of aliphatic carboxylic acids is 1. The van der Waals surface area contributed by atoms with Gasteiger partial charge in [0.1, 0.15) is 5.52 Å². The molecule has 0 aliphatic carbocycles. The van der Waals surface area contributed by atoms with E-state index in [2.05, 4.69) is 22.4 Å². The Balaban J connectivity index is 1.52. The minimum Gasteiger partial charge on any atom is -0.478 e. The Bertz CT molecular complexity index is 932. The molecule has 0 aliphatic heterocycles. The van der Waals surface area contributed by atoms with Crippen molar-refractivity contribution in [3.63, 3.8) is 0 Å². The van der Waals surface area contributed by atoms with Crippen molar-refractivity contribution in [2.24, 2.45) is 0 Å². The van der Waals surface area contributed by atoms with Gasteiger partial charge in [-0.1, -0.05) is 41.6 Å². The van der Waals surface area contributed by atoms with Crippen molar-refractivity contribution in [2.45, 2.75) is 32.9 Å². The minimum absolute atomic E-state index is 0.638. The van der Waals surface area contributed by atoms with Crippen LogP contribution in [0.25, 0.3) is 17.1 Å². The van der Waals surface area contributed by atoms with Crippen LogP contribution in [0, 0.1) is 6.92 Å². The number of aromatic nitrogens is 3. The maximum absolute atomic E-state index is 10.7. The number of hydrogen-bond acceptors (Lipinski definition) is 4. The molecule has 1 aromatic heterocycles. The number of aryl methyl sites for hydroxylation is 2. The summed E-state index contributed by atoms with van der Waals surface area (Å²) in [5.74, 6) is -0.965. The molecular formula is C21H23N3O3. The summed E-state index contributed by atoms with van der Waals surface area (Å²) in [4.78, 5) is 10.7. The Morgan fingerprint density at radius 3 is 2.78 bits per heavy atom. The number of carboxylic acid groups (broad SMARTS) is 1. The number of carbonyl (C=O) groups is 1. The number of ether oxygens (including phenoxy) is 1. The van der Waals surface area contributed by atoms with Gasteiger partial charge < -0.3 is 9.84 Å². The SMILES string of the molecule is Cc1c(/C=C/C(=O)O)ccc2c1nnn2CCCCOCc1ccccc1. The maximum Gasteiger partial charge on any atom is 0.328 e. The number of benzene rings is 2. The Kier molecular flexibility index (Phi) is 6.33. The van der Waals surface area contributed by atoms with E-state index in [0.717, 1.165) is 47.6 Å². The van der Waals surface area contributed by atoms with E-state index in [1.807, 2.05) is 41.9 Å². The molecule has 6 nitrogen and oxygen atoms in total. The van der Waals surface area contributed by atoms with Crippen molar-refractivity contribution in [1.82, 2.24) is 15.0 Å². The number of nitrogens with zero attached hydrogens (tertiary/aromatic N) is 3. The highest BCUT2D eigenvalue weighted by Gasteiger charge is 2.09. The van der Waals surface area contributed by atoms with Gasteiger partial charge in [0.15, 0.2) is 0 Å². The lowest BCUT2D eigenvalue weighted by molar-refractivity contribution is -0.131. The van der Waals surface area contributed by atoms with Crippen LogP contribution in [0.3, 0.4) is 0 Å². The van der Waals surface area contributed by atoms with Gasteiger partial charge in [-0.3, -0.25) is 0 Å². The number of hydrogen-bond donors (Lipinski definition) is 1. The molecule has 0 radical (unpaired) electrons. The Labute approximate surface area is 158 Å². The van der Waals surface area contributed by atoms with Crippen LogP contribution in [0.15, 0.2) is 48.5 Å². The second-order valence-electron chi connectivity index (χ2n) is 6.38. The predicted molar refractivity (Wildman–Crippen MR) is 104 cm³/mol. The van der Waals surface area contributed by atoms with Crippen molar-refractivity contribution >= 4 is 23.1 Å². The molecule has 3 rings (SSSR count). The number of rotatable bonds is 9. The van der Waals surface area contributed by atoms with Crippen molar-refractivity contribution in [1.29, 1.82) is 0 Å². The highest BCUT2D eigenvalue weighted by Crippen LogP contribution is 2.21. The zero-order valence-corrected chi connectivity index (χ0v) is 15.3. The molecule has 0 amide bonds.